The molecule has 0 radical (unpaired) electrons. The molecule has 1 saturated carbocycles. The molecule has 134 valence electrons. The Hall–Kier alpha value is -2.37. The van der Waals surface area contributed by atoms with Crippen LogP contribution in [0.2, 0.25) is 0 Å². The largest absolute Gasteiger partial charge is 0.481 e. The third-order valence-corrected chi connectivity index (χ3v) is 5.35. The van der Waals surface area contributed by atoms with Crippen LogP contribution >= 0.6 is 0 Å². The minimum atomic E-state index is -0.879. The number of amides is 2. The molecule has 25 heavy (non-hydrogen) atoms. The van der Waals surface area contributed by atoms with Gasteiger partial charge in [-0.2, -0.15) is 0 Å². The van der Waals surface area contributed by atoms with Crippen molar-refractivity contribution in [2.24, 2.45) is 11.8 Å². The first kappa shape index (κ1) is 17.5. The molecule has 0 aromatic heterocycles. The number of hydrogen-bond donors (Lipinski definition) is 2. The van der Waals surface area contributed by atoms with Gasteiger partial charge in [-0.1, -0.05) is 18.2 Å². The van der Waals surface area contributed by atoms with Gasteiger partial charge in [-0.25, -0.2) is 0 Å². The second-order valence-electron chi connectivity index (χ2n) is 6.89. The lowest BCUT2D eigenvalue weighted by atomic mass is 9.72. The van der Waals surface area contributed by atoms with E-state index in [0.29, 0.717) is 31.5 Å². The quantitative estimate of drug-likeness (QED) is 0.854. The summed E-state index contributed by atoms with van der Waals surface area (Å²) in [6.45, 7) is 1.05. The number of benzene rings is 1. The van der Waals surface area contributed by atoms with Crippen molar-refractivity contribution in [3.8, 4) is 0 Å². The van der Waals surface area contributed by atoms with Crippen molar-refractivity contribution < 1.29 is 19.5 Å². The van der Waals surface area contributed by atoms with Crippen LogP contribution in [0.3, 0.4) is 0 Å². The molecule has 3 atom stereocenters. The predicted octanol–water partition coefficient (Wildman–Crippen LogP) is 1.91. The number of carbonyl (C=O) groups is 3. The zero-order valence-corrected chi connectivity index (χ0v) is 14.2. The summed E-state index contributed by atoms with van der Waals surface area (Å²) in [5.41, 5.74) is 0.598. The van der Waals surface area contributed by atoms with Gasteiger partial charge in [0.15, 0.2) is 0 Å². The lowest BCUT2D eigenvalue weighted by Gasteiger charge is -2.42. The summed E-state index contributed by atoms with van der Waals surface area (Å²) in [4.78, 5) is 38.0. The van der Waals surface area contributed by atoms with Gasteiger partial charge in [-0.15, -0.1) is 0 Å². The maximum absolute atomic E-state index is 12.8. The molecular weight excluding hydrogens is 320 g/mol. The molecule has 1 aliphatic carbocycles. The Kier molecular flexibility index (Phi) is 5.36. The van der Waals surface area contributed by atoms with Crippen LogP contribution in [0.25, 0.3) is 0 Å². The smallest absolute Gasteiger partial charge is 0.307 e. The van der Waals surface area contributed by atoms with Gasteiger partial charge in [-0.05, 0) is 44.2 Å². The van der Waals surface area contributed by atoms with Crippen LogP contribution < -0.4 is 5.32 Å². The topological polar surface area (TPSA) is 86.7 Å². The van der Waals surface area contributed by atoms with Gasteiger partial charge < -0.3 is 15.3 Å². The average Bonchev–Trinajstić information content (AvgIpc) is 2.59. The highest BCUT2D eigenvalue weighted by Crippen LogP contribution is 2.37. The van der Waals surface area contributed by atoms with Gasteiger partial charge in [0.05, 0.1) is 11.8 Å². The molecule has 6 nitrogen and oxygen atoms in total. The molecule has 1 aromatic rings. The molecule has 2 N–H and O–H groups in total. The van der Waals surface area contributed by atoms with Crippen molar-refractivity contribution in [1.29, 1.82) is 0 Å². The molecule has 2 fully saturated rings. The highest BCUT2D eigenvalue weighted by molar-refractivity contribution is 5.94. The Morgan fingerprint density at radius 2 is 1.76 bits per heavy atom. The molecule has 6 heteroatoms. The average molecular weight is 344 g/mol. The fraction of sp³-hybridized carbons (Fsp3) is 0.526. The number of hydrogen-bond acceptors (Lipinski definition) is 3. The zero-order valence-electron chi connectivity index (χ0n) is 14.2. The third-order valence-electron chi connectivity index (χ3n) is 5.35. The maximum Gasteiger partial charge on any atom is 0.307 e. The Bertz CT molecular complexity index is 646. The molecule has 0 spiro atoms. The maximum atomic E-state index is 12.8. The fourth-order valence-corrected chi connectivity index (χ4v) is 3.71. The molecule has 1 aromatic carbocycles. The monoisotopic (exact) mass is 344 g/mol. The van der Waals surface area contributed by atoms with E-state index in [-0.39, 0.29) is 17.9 Å². The third kappa shape index (κ3) is 3.83. The molecule has 2 aliphatic rings. The standard InChI is InChI=1S/C19H24N2O4/c22-17(13-6-2-1-3-7-13)20-12-14-8-4-5-11-21(14)18(23)15-9-10-16(15)19(24)25/h1-3,6-7,14-16H,4-5,8-12H2,(H,20,22)(H,24,25). The summed E-state index contributed by atoms with van der Waals surface area (Å²) >= 11 is 0. The van der Waals surface area contributed by atoms with Gasteiger partial charge >= 0.3 is 5.97 Å². The summed E-state index contributed by atoms with van der Waals surface area (Å²) in [5.74, 6) is -2.03. The number of carboxylic acids is 1. The zero-order chi connectivity index (χ0) is 17.8. The second-order valence-corrected chi connectivity index (χ2v) is 6.89. The highest BCUT2D eigenvalue weighted by Gasteiger charge is 2.44. The SMILES string of the molecule is O=C(NCC1CCCCN1C(=O)C1CCC1C(=O)O)c1ccccc1. The van der Waals surface area contributed by atoms with Gasteiger partial charge in [0, 0.05) is 24.7 Å². The lowest BCUT2D eigenvalue weighted by molar-refractivity contribution is -0.158. The fourth-order valence-electron chi connectivity index (χ4n) is 3.71. The summed E-state index contributed by atoms with van der Waals surface area (Å²) in [7, 11) is 0. The minimum Gasteiger partial charge on any atom is -0.481 e. The van der Waals surface area contributed by atoms with Gasteiger partial charge in [-0.3, -0.25) is 14.4 Å². The van der Waals surface area contributed by atoms with E-state index in [0.717, 1.165) is 19.3 Å². The van der Waals surface area contributed by atoms with Gasteiger partial charge in [0.25, 0.3) is 5.91 Å². The van der Waals surface area contributed by atoms with Crippen molar-refractivity contribution in [3.63, 3.8) is 0 Å². The van der Waals surface area contributed by atoms with Crippen LogP contribution in [0.4, 0.5) is 0 Å². The molecule has 1 aliphatic heterocycles. The van der Waals surface area contributed by atoms with E-state index in [1.54, 1.807) is 17.0 Å². The molecular formula is C19H24N2O4. The predicted molar refractivity (Wildman–Crippen MR) is 92.0 cm³/mol. The van der Waals surface area contributed by atoms with Crippen molar-refractivity contribution in [2.45, 2.75) is 38.1 Å². The van der Waals surface area contributed by atoms with Crippen LogP contribution in [-0.2, 0) is 9.59 Å². The van der Waals surface area contributed by atoms with Gasteiger partial charge in [0.1, 0.15) is 0 Å². The molecule has 0 bridgehead atoms. The summed E-state index contributed by atoms with van der Waals surface area (Å²) < 4.78 is 0. The van der Waals surface area contributed by atoms with Crippen molar-refractivity contribution in [1.82, 2.24) is 10.2 Å². The number of nitrogens with zero attached hydrogens (tertiary/aromatic N) is 1. The number of carboxylic acid groups (broad SMARTS) is 1. The van der Waals surface area contributed by atoms with E-state index < -0.39 is 17.8 Å². The number of likely N-dealkylation sites (tertiary alicyclic amines) is 1. The molecule has 1 heterocycles. The molecule has 1 saturated heterocycles. The van der Waals surface area contributed by atoms with Crippen LogP contribution in [0.15, 0.2) is 30.3 Å². The van der Waals surface area contributed by atoms with Crippen LogP contribution in [0.5, 0.6) is 0 Å². The van der Waals surface area contributed by atoms with Crippen LogP contribution in [0.1, 0.15) is 42.5 Å². The number of aliphatic carboxylic acids is 1. The Morgan fingerprint density at radius 1 is 1.04 bits per heavy atom. The summed E-state index contributed by atoms with van der Waals surface area (Å²) in [6, 6.07) is 8.94. The van der Waals surface area contributed by atoms with Gasteiger partial charge in [0.2, 0.25) is 5.91 Å². The van der Waals surface area contributed by atoms with E-state index in [9.17, 15) is 19.5 Å². The lowest BCUT2D eigenvalue weighted by Crippen LogP contribution is -2.54. The van der Waals surface area contributed by atoms with Crippen LogP contribution in [-0.4, -0.2) is 46.9 Å². The summed E-state index contributed by atoms with van der Waals surface area (Å²) in [5, 5.41) is 12.1. The number of carbonyl (C=O) groups excluding carboxylic acids is 2. The first-order chi connectivity index (χ1) is 12.1. The molecule has 2 amide bonds. The van der Waals surface area contributed by atoms with E-state index in [4.69, 9.17) is 0 Å². The first-order valence-corrected chi connectivity index (χ1v) is 8.94. The van der Waals surface area contributed by atoms with E-state index in [1.807, 2.05) is 18.2 Å². The number of piperidine rings is 1. The normalized spacial score (nSPS) is 25.8. The van der Waals surface area contributed by atoms with Crippen molar-refractivity contribution in [3.05, 3.63) is 35.9 Å². The summed E-state index contributed by atoms with van der Waals surface area (Å²) in [6.07, 6.45) is 4.01. The molecule has 3 unspecified atom stereocenters. The second kappa shape index (κ2) is 7.68. The molecule has 3 rings (SSSR count). The Balaban J connectivity index is 1.60. The number of nitrogens with one attached hydrogen (secondary N) is 1. The van der Waals surface area contributed by atoms with E-state index >= 15 is 0 Å². The van der Waals surface area contributed by atoms with E-state index in [1.165, 1.54) is 0 Å². The van der Waals surface area contributed by atoms with Crippen LogP contribution in [0, 0.1) is 11.8 Å². The Morgan fingerprint density at radius 3 is 2.40 bits per heavy atom. The Labute approximate surface area is 147 Å². The van der Waals surface area contributed by atoms with E-state index in [2.05, 4.69) is 5.32 Å². The first-order valence-electron chi connectivity index (χ1n) is 8.94. The minimum absolute atomic E-state index is 0.0519. The van der Waals surface area contributed by atoms with Crippen molar-refractivity contribution in [2.75, 3.05) is 13.1 Å². The highest BCUT2D eigenvalue weighted by atomic mass is 16.4. The number of rotatable bonds is 5. The van der Waals surface area contributed by atoms with Crippen molar-refractivity contribution >= 4 is 17.8 Å².